The first-order valence-corrected chi connectivity index (χ1v) is 15.3. The molecule has 0 radical (unpaired) electrons. The van der Waals surface area contributed by atoms with Crippen molar-refractivity contribution in [2.45, 2.75) is 58.2 Å². The van der Waals surface area contributed by atoms with Crippen LogP contribution in [0.15, 0.2) is 54.6 Å². The van der Waals surface area contributed by atoms with Gasteiger partial charge in [0.05, 0.1) is 17.5 Å². The van der Waals surface area contributed by atoms with Crippen molar-refractivity contribution in [3.63, 3.8) is 0 Å². The maximum Gasteiger partial charge on any atom is 0.224 e. The van der Waals surface area contributed by atoms with Crippen LogP contribution in [0.1, 0.15) is 60.0 Å². The van der Waals surface area contributed by atoms with Crippen LogP contribution >= 0.6 is 0 Å². The van der Waals surface area contributed by atoms with E-state index < -0.39 is 5.82 Å². The van der Waals surface area contributed by atoms with E-state index in [1.54, 1.807) is 18.2 Å². The van der Waals surface area contributed by atoms with Crippen molar-refractivity contribution in [1.29, 1.82) is 0 Å². The molecular formula is C34H39FN4O4. The van der Waals surface area contributed by atoms with Crippen molar-refractivity contribution in [2.75, 3.05) is 41.8 Å². The van der Waals surface area contributed by atoms with Crippen LogP contribution in [0.25, 0.3) is 0 Å². The number of hydrogen-bond donors (Lipinski definition) is 2. The molecule has 0 bridgehead atoms. The van der Waals surface area contributed by atoms with Crippen molar-refractivity contribution >= 4 is 28.9 Å². The average molecular weight is 587 g/mol. The third-order valence-corrected chi connectivity index (χ3v) is 8.55. The Kier molecular flexibility index (Phi) is 8.88. The van der Waals surface area contributed by atoms with Gasteiger partial charge in [0.15, 0.2) is 5.78 Å². The molecule has 226 valence electrons. The number of carbonyl (C=O) groups excluding carboxylic acids is 2. The van der Waals surface area contributed by atoms with Gasteiger partial charge in [0.2, 0.25) is 11.8 Å². The summed E-state index contributed by atoms with van der Waals surface area (Å²) in [5.41, 5.74) is 3.68. The number of hydrogen-bond acceptors (Lipinski definition) is 7. The normalized spacial score (nSPS) is 18.6. The fourth-order valence-electron chi connectivity index (χ4n) is 5.62. The molecule has 1 aliphatic carbocycles. The molecule has 1 amide bonds. The van der Waals surface area contributed by atoms with Gasteiger partial charge in [-0.1, -0.05) is 24.3 Å². The number of nitrogens with zero attached hydrogens (tertiary/aromatic N) is 2. The Hall–Kier alpha value is -3.98. The van der Waals surface area contributed by atoms with Crippen LogP contribution < -0.4 is 20.3 Å². The van der Waals surface area contributed by atoms with Gasteiger partial charge in [-0.25, -0.2) is 4.39 Å². The molecule has 3 aromatic rings. The topological polar surface area (TPSA) is 92.8 Å². The highest BCUT2D eigenvalue weighted by Gasteiger charge is 2.30. The van der Waals surface area contributed by atoms with Crippen molar-refractivity contribution < 1.29 is 23.5 Å². The maximum absolute atomic E-state index is 14.6. The Morgan fingerprint density at radius 3 is 2.56 bits per heavy atom. The Labute approximate surface area is 252 Å². The van der Waals surface area contributed by atoms with Crippen LogP contribution in [0.4, 0.5) is 21.6 Å². The van der Waals surface area contributed by atoms with E-state index in [-0.39, 0.29) is 30.3 Å². The lowest BCUT2D eigenvalue weighted by atomic mass is 9.93. The van der Waals surface area contributed by atoms with Crippen molar-refractivity contribution in [3.8, 4) is 5.88 Å². The van der Waals surface area contributed by atoms with Crippen molar-refractivity contribution in [1.82, 2.24) is 4.98 Å². The minimum Gasteiger partial charge on any atom is -0.473 e. The number of benzene rings is 2. The van der Waals surface area contributed by atoms with Crippen LogP contribution in [-0.4, -0.2) is 49.0 Å². The first kappa shape index (κ1) is 29.1. The number of Topliss-reactive ketones (excluding diaryl/α,β-unsaturated/α-hetero) is 1. The van der Waals surface area contributed by atoms with Crippen LogP contribution in [-0.2, 0) is 16.1 Å². The maximum atomic E-state index is 14.6. The molecule has 1 atom stereocenters. The zero-order chi connectivity index (χ0) is 29.8. The molecule has 3 heterocycles. The standard InChI is InChI=1S/C34H39FN4O4/c1-22-5-10-29(30(17-22)36-20-27-13-16-42-27)37-32(40)18-23-11-14-39(15-12-23)31-3-2-4-33(38-31)43-21-26-9-8-25(19-28(26)35)34(41)24-6-7-24/h2-5,8-10,17,19,23-24,27,36H,6-7,11-16,18,20-21H2,1H3,(H,37,40)/t27-/m0/s1. The zero-order valence-corrected chi connectivity index (χ0v) is 24.6. The Balaban J connectivity index is 0.976. The number of nitrogens with one attached hydrogen (secondary N) is 2. The highest BCUT2D eigenvalue weighted by atomic mass is 19.1. The molecule has 2 aromatic carbocycles. The predicted molar refractivity (Wildman–Crippen MR) is 164 cm³/mol. The molecule has 1 aromatic heterocycles. The number of rotatable bonds is 12. The lowest BCUT2D eigenvalue weighted by Gasteiger charge is -2.32. The van der Waals surface area contributed by atoms with Gasteiger partial charge in [0.25, 0.3) is 0 Å². The number of halogens is 1. The number of carbonyl (C=O) groups is 2. The van der Waals surface area contributed by atoms with E-state index in [1.165, 1.54) is 6.07 Å². The number of piperidine rings is 1. The molecule has 9 heteroatoms. The molecular weight excluding hydrogens is 547 g/mol. The fourth-order valence-corrected chi connectivity index (χ4v) is 5.62. The molecule has 6 rings (SSSR count). The second-order valence-electron chi connectivity index (χ2n) is 12.0. The minimum absolute atomic E-state index is 0.0215. The molecule has 43 heavy (non-hydrogen) atoms. The van der Waals surface area contributed by atoms with Gasteiger partial charge >= 0.3 is 0 Å². The van der Waals surface area contributed by atoms with Gasteiger partial charge in [0.1, 0.15) is 18.2 Å². The van der Waals surface area contributed by atoms with Crippen LogP contribution in [0.2, 0.25) is 0 Å². The third kappa shape index (κ3) is 7.51. The summed E-state index contributed by atoms with van der Waals surface area (Å²) in [6.45, 7) is 5.20. The van der Waals surface area contributed by atoms with E-state index in [0.717, 1.165) is 81.1 Å². The molecule has 8 nitrogen and oxygen atoms in total. The van der Waals surface area contributed by atoms with Crippen LogP contribution in [0, 0.1) is 24.6 Å². The van der Waals surface area contributed by atoms with Crippen LogP contribution in [0.5, 0.6) is 5.88 Å². The molecule has 2 saturated heterocycles. The third-order valence-electron chi connectivity index (χ3n) is 8.55. The Bertz CT molecular complexity index is 1460. The summed E-state index contributed by atoms with van der Waals surface area (Å²) in [5.74, 6) is 1.18. The average Bonchev–Trinajstić information content (AvgIpc) is 3.83. The first-order chi connectivity index (χ1) is 20.9. The molecule has 3 aliphatic rings. The summed E-state index contributed by atoms with van der Waals surface area (Å²) in [6.07, 6.45) is 5.32. The SMILES string of the molecule is Cc1ccc(NC(=O)CC2CCN(c3cccc(OCc4ccc(C(=O)C5CC5)cc4F)n3)CC2)c(NC[C@@H]2CCO2)c1. The Morgan fingerprint density at radius 1 is 1.02 bits per heavy atom. The zero-order valence-electron chi connectivity index (χ0n) is 24.6. The van der Waals surface area contributed by atoms with E-state index in [4.69, 9.17) is 9.47 Å². The van der Waals surface area contributed by atoms with E-state index in [1.807, 2.05) is 31.2 Å². The number of amides is 1. The predicted octanol–water partition coefficient (Wildman–Crippen LogP) is 6.15. The summed E-state index contributed by atoms with van der Waals surface area (Å²) in [6, 6.07) is 16.2. The number of ketones is 1. The Morgan fingerprint density at radius 2 is 1.84 bits per heavy atom. The summed E-state index contributed by atoms with van der Waals surface area (Å²) >= 11 is 0. The van der Waals surface area contributed by atoms with E-state index in [2.05, 4.69) is 26.6 Å². The lowest BCUT2D eigenvalue weighted by Crippen LogP contribution is -2.35. The lowest BCUT2D eigenvalue weighted by molar-refractivity contribution is -0.117. The smallest absolute Gasteiger partial charge is 0.224 e. The van der Waals surface area contributed by atoms with Gasteiger partial charge in [-0.2, -0.15) is 4.98 Å². The van der Waals surface area contributed by atoms with Gasteiger partial charge in [-0.15, -0.1) is 0 Å². The van der Waals surface area contributed by atoms with E-state index in [0.29, 0.717) is 29.3 Å². The minimum atomic E-state index is -0.438. The molecule has 2 N–H and O–H groups in total. The summed E-state index contributed by atoms with van der Waals surface area (Å²) < 4.78 is 26.0. The number of pyridine rings is 1. The van der Waals surface area contributed by atoms with Gasteiger partial charge in [-0.05, 0) is 74.8 Å². The van der Waals surface area contributed by atoms with E-state index >= 15 is 0 Å². The summed E-state index contributed by atoms with van der Waals surface area (Å²) in [7, 11) is 0. The van der Waals surface area contributed by atoms with Crippen LogP contribution in [0.3, 0.4) is 0 Å². The molecule has 3 fully saturated rings. The molecule has 1 saturated carbocycles. The van der Waals surface area contributed by atoms with E-state index in [9.17, 15) is 14.0 Å². The van der Waals surface area contributed by atoms with Gasteiger partial charge in [-0.3, -0.25) is 9.59 Å². The van der Waals surface area contributed by atoms with Crippen molar-refractivity contribution in [3.05, 3.63) is 77.1 Å². The quantitative estimate of drug-likeness (QED) is 0.246. The molecule has 0 spiro atoms. The largest absolute Gasteiger partial charge is 0.473 e. The molecule has 2 aliphatic heterocycles. The summed E-state index contributed by atoms with van der Waals surface area (Å²) in [5, 5.41) is 6.55. The number of anilines is 3. The van der Waals surface area contributed by atoms with Gasteiger partial charge in [0, 0.05) is 55.8 Å². The fraction of sp³-hybridized carbons (Fsp3) is 0.441. The monoisotopic (exact) mass is 586 g/mol. The highest BCUT2D eigenvalue weighted by molar-refractivity contribution is 5.99. The van der Waals surface area contributed by atoms with Gasteiger partial charge < -0.3 is 25.0 Å². The number of ether oxygens (including phenoxy) is 2. The first-order valence-electron chi connectivity index (χ1n) is 15.3. The second kappa shape index (κ2) is 13.1. The highest BCUT2D eigenvalue weighted by Crippen LogP contribution is 2.33. The second-order valence-corrected chi connectivity index (χ2v) is 12.0. The molecule has 0 unspecified atom stereocenters. The number of aryl methyl sites for hydroxylation is 1. The summed E-state index contributed by atoms with van der Waals surface area (Å²) in [4.78, 5) is 32.0. The van der Waals surface area contributed by atoms with Crippen molar-refractivity contribution in [2.24, 2.45) is 11.8 Å². The number of aromatic nitrogens is 1.